The highest BCUT2D eigenvalue weighted by atomic mass is 16.3. The molecule has 1 aliphatic heterocycles. The number of phenolic OH excluding ortho intramolecular Hbond substituents is 1. The zero-order valence-corrected chi connectivity index (χ0v) is 10.8. The molecule has 0 radical (unpaired) electrons. The lowest BCUT2D eigenvalue weighted by Gasteiger charge is -2.50. The van der Waals surface area contributed by atoms with E-state index in [0.717, 1.165) is 19.4 Å². The Kier molecular flexibility index (Phi) is 2.39. The molecule has 2 bridgehead atoms. The van der Waals surface area contributed by atoms with Gasteiger partial charge in [-0.2, -0.15) is 5.26 Å². The van der Waals surface area contributed by atoms with E-state index in [1.165, 1.54) is 11.1 Å². The topological polar surface area (TPSA) is 56.0 Å². The summed E-state index contributed by atoms with van der Waals surface area (Å²) in [6.07, 6.45) is 2.05. The Balaban J connectivity index is 2.20. The summed E-state index contributed by atoms with van der Waals surface area (Å²) in [5, 5.41) is 22.5. The number of hydrogen-bond donors (Lipinski definition) is 2. The van der Waals surface area contributed by atoms with Gasteiger partial charge in [-0.25, -0.2) is 0 Å². The van der Waals surface area contributed by atoms with Crippen LogP contribution in [0, 0.1) is 17.2 Å². The van der Waals surface area contributed by atoms with Gasteiger partial charge in [0.1, 0.15) is 11.8 Å². The minimum Gasteiger partial charge on any atom is -0.507 e. The number of fused-ring (bicyclic) bond motifs is 4. The lowest BCUT2D eigenvalue weighted by Crippen LogP contribution is -2.56. The summed E-state index contributed by atoms with van der Waals surface area (Å²) in [7, 11) is 0. The highest BCUT2D eigenvalue weighted by Crippen LogP contribution is 2.47. The molecule has 1 saturated heterocycles. The van der Waals surface area contributed by atoms with E-state index < -0.39 is 0 Å². The van der Waals surface area contributed by atoms with Crippen molar-refractivity contribution in [2.24, 2.45) is 5.92 Å². The fourth-order valence-electron chi connectivity index (χ4n) is 3.65. The molecule has 1 aromatic rings. The van der Waals surface area contributed by atoms with Crippen molar-refractivity contribution in [3.63, 3.8) is 0 Å². The van der Waals surface area contributed by atoms with Gasteiger partial charge in [-0.15, -0.1) is 0 Å². The highest BCUT2D eigenvalue weighted by molar-refractivity contribution is 5.52. The highest BCUT2D eigenvalue weighted by Gasteiger charge is 2.45. The lowest BCUT2D eigenvalue weighted by atomic mass is 9.59. The molecule has 1 fully saturated rings. The Morgan fingerprint density at radius 2 is 2.28 bits per heavy atom. The molecule has 3 nitrogen and oxygen atoms in total. The number of nitriles is 1. The van der Waals surface area contributed by atoms with Gasteiger partial charge in [-0.1, -0.05) is 13.8 Å². The Bertz CT molecular complexity index is 546. The number of rotatable bonds is 0. The number of phenols is 1. The van der Waals surface area contributed by atoms with Crippen LogP contribution < -0.4 is 5.32 Å². The predicted molar refractivity (Wildman–Crippen MR) is 69.4 cm³/mol. The quantitative estimate of drug-likeness (QED) is 0.732. The summed E-state index contributed by atoms with van der Waals surface area (Å²) in [4.78, 5) is 0. The van der Waals surface area contributed by atoms with E-state index in [1.807, 2.05) is 12.1 Å². The summed E-state index contributed by atoms with van der Waals surface area (Å²) in [6, 6.07) is 6.25. The lowest BCUT2D eigenvalue weighted by molar-refractivity contribution is 0.158. The first-order chi connectivity index (χ1) is 8.56. The first-order valence-corrected chi connectivity index (χ1v) is 6.56. The van der Waals surface area contributed by atoms with Gasteiger partial charge in [0.05, 0.1) is 5.56 Å². The van der Waals surface area contributed by atoms with Gasteiger partial charge in [0.25, 0.3) is 0 Å². The molecule has 18 heavy (non-hydrogen) atoms. The van der Waals surface area contributed by atoms with Crippen LogP contribution in [0.25, 0.3) is 0 Å². The van der Waals surface area contributed by atoms with Gasteiger partial charge in [-0.05, 0) is 54.0 Å². The van der Waals surface area contributed by atoms with E-state index >= 15 is 0 Å². The smallest absolute Gasteiger partial charge is 0.133 e. The molecule has 1 aromatic carbocycles. The molecule has 1 unspecified atom stereocenters. The van der Waals surface area contributed by atoms with Crippen molar-refractivity contribution in [1.29, 1.82) is 5.26 Å². The molecule has 0 amide bonds. The van der Waals surface area contributed by atoms with Crippen LogP contribution in [-0.2, 0) is 11.8 Å². The summed E-state index contributed by atoms with van der Waals surface area (Å²) >= 11 is 0. The molecule has 1 aliphatic carbocycles. The van der Waals surface area contributed by atoms with Crippen LogP contribution in [0.5, 0.6) is 5.75 Å². The van der Waals surface area contributed by atoms with Gasteiger partial charge in [-0.3, -0.25) is 0 Å². The van der Waals surface area contributed by atoms with Crippen LogP contribution in [0.15, 0.2) is 12.1 Å². The summed E-state index contributed by atoms with van der Waals surface area (Å²) in [6.45, 7) is 5.61. The van der Waals surface area contributed by atoms with Crippen molar-refractivity contribution < 1.29 is 5.11 Å². The number of nitrogens with zero attached hydrogens (tertiary/aromatic N) is 1. The average molecular weight is 242 g/mol. The normalized spacial score (nSPS) is 33.6. The minimum absolute atomic E-state index is 0.120. The van der Waals surface area contributed by atoms with E-state index in [1.54, 1.807) is 0 Å². The van der Waals surface area contributed by atoms with E-state index in [9.17, 15) is 5.11 Å². The number of benzene rings is 1. The fraction of sp³-hybridized carbons (Fsp3) is 0.533. The minimum atomic E-state index is 0.120. The van der Waals surface area contributed by atoms with Crippen molar-refractivity contribution in [2.45, 2.75) is 38.1 Å². The number of hydrogen-bond acceptors (Lipinski definition) is 3. The third-order valence-corrected chi connectivity index (χ3v) is 5.06. The first kappa shape index (κ1) is 11.6. The molecular weight excluding hydrogens is 224 g/mol. The van der Waals surface area contributed by atoms with Crippen molar-refractivity contribution in [3.8, 4) is 11.8 Å². The third-order valence-electron chi connectivity index (χ3n) is 5.06. The van der Waals surface area contributed by atoms with Crippen LogP contribution >= 0.6 is 0 Å². The van der Waals surface area contributed by atoms with Crippen LogP contribution in [0.1, 0.15) is 37.0 Å². The van der Waals surface area contributed by atoms with E-state index in [4.69, 9.17) is 5.26 Å². The predicted octanol–water partition coefficient (Wildman–Crippen LogP) is 2.08. The molecule has 3 atom stereocenters. The Morgan fingerprint density at radius 1 is 1.50 bits per heavy atom. The molecule has 94 valence electrons. The van der Waals surface area contributed by atoms with Crippen molar-refractivity contribution in [2.75, 3.05) is 6.54 Å². The third kappa shape index (κ3) is 1.39. The monoisotopic (exact) mass is 242 g/mol. The molecule has 0 saturated carbocycles. The molecule has 2 aliphatic rings. The second-order valence-electron chi connectivity index (χ2n) is 5.86. The van der Waals surface area contributed by atoms with E-state index in [0.29, 0.717) is 17.5 Å². The van der Waals surface area contributed by atoms with Gasteiger partial charge in [0, 0.05) is 6.04 Å². The SMILES string of the molecule is CC1[C@H]2Cc3cc(C#N)c(O)cc3[C@]1(C)CCN2. The number of piperidine rings is 1. The van der Waals surface area contributed by atoms with Gasteiger partial charge in [0.15, 0.2) is 0 Å². The van der Waals surface area contributed by atoms with Gasteiger partial charge >= 0.3 is 0 Å². The molecule has 1 heterocycles. The Morgan fingerprint density at radius 3 is 3.00 bits per heavy atom. The van der Waals surface area contributed by atoms with Crippen molar-refractivity contribution >= 4 is 0 Å². The van der Waals surface area contributed by atoms with Crippen LogP contribution in [0.4, 0.5) is 0 Å². The average Bonchev–Trinajstić information content (AvgIpc) is 2.34. The van der Waals surface area contributed by atoms with Gasteiger partial charge < -0.3 is 10.4 Å². The largest absolute Gasteiger partial charge is 0.507 e. The standard InChI is InChI=1S/C15H18N2O/c1-9-13-6-10-5-11(8-16)14(18)7-12(10)15(9,2)3-4-17-13/h5,7,9,13,17-18H,3-4,6H2,1-2H3/t9?,13-,15-/m1/s1. The fourth-order valence-corrected chi connectivity index (χ4v) is 3.65. The zero-order valence-electron chi connectivity index (χ0n) is 10.8. The van der Waals surface area contributed by atoms with Gasteiger partial charge in [0.2, 0.25) is 0 Å². The second-order valence-corrected chi connectivity index (χ2v) is 5.86. The van der Waals surface area contributed by atoms with Crippen LogP contribution in [-0.4, -0.2) is 17.7 Å². The second kappa shape index (κ2) is 3.73. The maximum atomic E-state index is 9.93. The van der Waals surface area contributed by atoms with E-state index in [2.05, 4.69) is 25.2 Å². The first-order valence-electron chi connectivity index (χ1n) is 6.56. The maximum Gasteiger partial charge on any atom is 0.133 e. The van der Waals surface area contributed by atoms with Crippen molar-refractivity contribution in [1.82, 2.24) is 5.32 Å². The zero-order chi connectivity index (χ0) is 12.9. The summed E-state index contributed by atoms with van der Waals surface area (Å²) in [5.74, 6) is 0.688. The van der Waals surface area contributed by atoms with E-state index in [-0.39, 0.29) is 11.2 Å². The molecule has 3 heteroatoms. The molecule has 3 rings (SSSR count). The van der Waals surface area contributed by atoms with Crippen LogP contribution in [0.3, 0.4) is 0 Å². The number of aromatic hydroxyl groups is 1. The molecule has 0 aromatic heterocycles. The maximum absolute atomic E-state index is 9.93. The molecule has 2 N–H and O–H groups in total. The number of nitrogens with one attached hydrogen (secondary N) is 1. The molecule has 0 spiro atoms. The Labute approximate surface area is 107 Å². The van der Waals surface area contributed by atoms with Crippen molar-refractivity contribution in [3.05, 3.63) is 28.8 Å². The summed E-state index contributed by atoms with van der Waals surface area (Å²) in [5.41, 5.74) is 2.98. The Hall–Kier alpha value is -1.53. The summed E-state index contributed by atoms with van der Waals surface area (Å²) < 4.78 is 0. The molecular formula is C15H18N2O. The van der Waals surface area contributed by atoms with Crippen LogP contribution in [0.2, 0.25) is 0 Å².